The largest absolute Gasteiger partial charge is 0.424 e. The molecule has 0 spiro atoms. The standard InChI is InChI=1S/C13H15N3O/c1-2-3-10-4-6-12(7-5-10)17-13-15-8-11(14)9-16-13/h4-9H,2-3,14H2,1H3. The van der Waals surface area contributed by atoms with Gasteiger partial charge in [-0.15, -0.1) is 0 Å². The van der Waals surface area contributed by atoms with E-state index in [-0.39, 0.29) is 0 Å². The van der Waals surface area contributed by atoms with Gasteiger partial charge in [-0.3, -0.25) is 0 Å². The molecule has 0 atom stereocenters. The minimum atomic E-state index is 0.308. The summed E-state index contributed by atoms with van der Waals surface area (Å²) in [5.74, 6) is 0.731. The van der Waals surface area contributed by atoms with Crippen LogP contribution in [0.5, 0.6) is 11.8 Å². The van der Waals surface area contributed by atoms with Crippen LogP contribution >= 0.6 is 0 Å². The van der Waals surface area contributed by atoms with Gasteiger partial charge in [-0.2, -0.15) is 0 Å². The Balaban J connectivity index is 2.05. The molecule has 0 aliphatic rings. The van der Waals surface area contributed by atoms with Crippen LogP contribution in [0, 0.1) is 0 Å². The van der Waals surface area contributed by atoms with Crippen LogP contribution in [0.15, 0.2) is 36.7 Å². The number of nitrogens with zero attached hydrogens (tertiary/aromatic N) is 2. The second-order valence-electron chi connectivity index (χ2n) is 3.79. The number of nitrogen functional groups attached to an aromatic ring is 1. The maximum Gasteiger partial charge on any atom is 0.322 e. The van der Waals surface area contributed by atoms with E-state index in [0.29, 0.717) is 11.7 Å². The Hall–Kier alpha value is -2.10. The van der Waals surface area contributed by atoms with Crippen molar-refractivity contribution in [3.05, 3.63) is 42.2 Å². The van der Waals surface area contributed by atoms with E-state index in [9.17, 15) is 0 Å². The molecular weight excluding hydrogens is 214 g/mol. The van der Waals surface area contributed by atoms with Gasteiger partial charge in [-0.25, -0.2) is 9.97 Å². The minimum Gasteiger partial charge on any atom is -0.424 e. The molecule has 1 aromatic heterocycles. The van der Waals surface area contributed by atoms with Crippen LogP contribution in [0.4, 0.5) is 5.69 Å². The molecule has 0 aliphatic carbocycles. The van der Waals surface area contributed by atoms with Gasteiger partial charge in [0, 0.05) is 0 Å². The lowest BCUT2D eigenvalue weighted by atomic mass is 10.1. The first-order valence-corrected chi connectivity index (χ1v) is 5.62. The van der Waals surface area contributed by atoms with E-state index in [0.717, 1.165) is 18.6 Å². The first-order valence-electron chi connectivity index (χ1n) is 5.62. The molecule has 0 bridgehead atoms. The summed E-state index contributed by atoms with van der Waals surface area (Å²) >= 11 is 0. The number of hydrogen-bond donors (Lipinski definition) is 1. The maximum atomic E-state index is 5.49. The molecule has 0 fully saturated rings. The van der Waals surface area contributed by atoms with Gasteiger partial charge in [0.2, 0.25) is 0 Å². The smallest absolute Gasteiger partial charge is 0.322 e. The second-order valence-corrected chi connectivity index (χ2v) is 3.79. The molecule has 1 heterocycles. The molecule has 2 aromatic rings. The quantitative estimate of drug-likeness (QED) is 0.875. The molecule has 4 nitrogen and oxygen atoms in total. The van der Waals surface area contributed by atoms with Crippen molar-refractivity contribution >= 4 is 5.69 Å². The second kappa shape index (κ2) is 5.30. The molecular formula is C13H15N3O. The highest BCUT2D eigenvalue weighted by Gasteiger charge is 2.00. The highest BCUT2D eigenvalue weighted by molar-refractivity contribution is 5.33. The van der Waals surface area contributed by atoms with E-state index in [1.165, 1.54) is 18.0 Å². The van der Waals surface area contributed by atoms with Gasteiger partial charge in [-0.1, -0.05) is 25.5 Å². The molecule has 0 radical (unpaired) electrons. The van der Waals surface area contributed by atoms with Gasteiger partial charge < -0.3 is 10.5 Å². The van der Waals surface area contributed by atoms with Crippen molar-refractivity contribution in [3.63, 3.8) is 0 Å². The topological polar surface area (TPSA) is 61.0 Å². The number of hydrogen-bond acceptors (Lipinski definition) is 4. The molecule has 88 valence electrons. The average molecular weight is 229 g/mol. The number of rotatable bonds is 4. The fraction of sp³-hybridized carbons (Fsp3) is 0.231. The summed E-state index contributed by atoms with van der Waals surface area (Å²) in [4.78, 5) is 7.95. The van der Waals surface area contributed by atoms with Crippen molar-refractivity contribution in [2.24, 2.45) is 0 Å². The van der Waals surface area contributed by atoms with Crippen LogP contribution in [-0.2, 0) is 6.42 Å². The summed E-state index contributed by atoms with van der Waals surface area (Å²) in [5, 5.41) is 0. The van der Waals surface area contributed by atoms with E-state index in [2.05, 4.69) is 29.0 Å². The Bertz CT molecular complexity index is 465. The lowest BCUT2D eigenvalue weighted by Crippen LogP contribution is -1.94. The molecule has 2 N–H and O–H groups in total. The number of anilines is 1. The Labute approximate surface area is 100 Å². The third kappa shape index (κ3) is 3.17. The first-order chi connectivity index (χ1) is 8.28. The maximum absolute atomic E-state index is 5.49. The zero-order valence-corrected chi connectivity index (χ0v) is 9.76. The fourth-order valence-corrected chi connectivity index (χ4v) is 1.50. The van der Waals surface area contributed by atoms with Crippen molar-refractivity contribution in [2.45, 2.75) is 19.8 Å². The van der Waals surface area contributed by atoms with Crippen LogP contribution < -0.4 is 10.5 Å². The number of aryl methyl sites for hydroxylation is 1. The molecule has 0 amide bonds. The van der Waals surface area contributed by atoms with Crippen LogP contribution in [0.2, 0.25) is 0 Å². The SMILES string of the molecule is CCCc1ccc(Oc2ncc(N)cn2)cc1. The summed E-state index contributed by atoms with van der Waals surface area (Å²) in [7, 11) is 0. The predicted molar refractivity (Wildman–Crippen MR) is 67.0 cm³/mol. The van der Waals surface area contributed by atoms with Crippen molar-refractivity contribution < 1.29 is 4.74 Å². The molecule has 1 aromatic carbocycles. The van der Waals surface area contributed by atoms with Gasteiger partial charge in [0.15, 0.2) is 0 Å². The Kier molecular flexibility index (Phi) is 3.55. The third-order valence-electron chi connectivity index (χ3n) is 2.32. The molecule has 0 saturated heterocycles. The van der Waals surface area contributed by atoms with Crippen molar-refractivity contribution in [1.29, 1.82) is 0 Å². The van der Waals surface area contributed by atoms with E-state index < -0.39 is 0 Å². The fourth-order valence-electron chi connectivity index (χ4n) is 1.50. The van der Waals surface area contributed by atoms with Crippen LogP contribution in [0.1, 0.15) is 18.9 Å². The number of ether oxygens (including phenoxy) is 1. The zero-order valence-electron chi connectivity index (χ0n) is 9.76. The number of nitrogens with two attached hydrogens (primary N) is 1. The molecule has 0 aliphatic heterocycles. The lowest BCUT2D eigenvalue weighted by molar-refractivity contribution is 0.442. The summed E-state index contributed by atoms with van der Waals surface area (Å²) in [6, 6.07) is 8.25. The summed E-state index contributed by atoms with van der Waals surface area (Å²) < 4.78 is 5.49. The van der Waals surface area contributed by atoms with Gasteiger partial charge in [-0.05, 0) is 24.1 Å². The first kappa shape index (κ1) is 11.4. The number of benzene rings is 1. The summed E-state index contributed by atoms with van der Waals surface area (Å²) in [6.07, 6.45) is 5.27. The molecule has 2 rings (SSSR count). The zero-order chi connectivity index (χ0) is 12.1. The Morgan fingerprint density at radius 2 is 1.76 bits per heavy atom. The van der Waals surface area contributed by atoms with Gasteiger partial charge in [0.05, 0.1) is 18.1 Å². The van der Waals surface area contributed by atoms with E-state index in [4.69, 9.17) is 10.5 Å². The summed E-state index contributed by atoms with van der Waals surface area (Å²) in [5.41, 5.74) is 7.32. The predicted octanol–water partition coefficient (Wildman–Crippen LogP) is 2.80. The van der Waals surface area contributed by atoms with Crippen LogP contribution in [0.25, 0.3) is 0 Å². The third-order valence-corrected chi connectivity index (χ3v) is 2.32. The van der Waals surface area contributed by atoms with E-state index in [1.54, 1.807) is 0 Å². The number of aromatic nitrogens is 2. The molecule has 17 heavy (non-hydrogen) atoms. The van der Waals surface area contributed by atoms with Gasteiger partial charge in [0.1, 0.15) is 5.75 Å². The monoisotopic (exact) mass is 229 g/mol. The van der Waals surface area contributed by atoms with Crippen LogP contribution in [-0.4, -0.2) is 9.97 Å². The molecule has 4 heteroatoms. The molecule has 0 saturated carbocycles. The Morgan fingerprint density at radius 3 is 2.35 bits per heavy atom. The average Bonchev–Trinajstić information content (AvgIpc) is 2.35. The van der Waals surface area contributed by atoms with Crippen molar-refractivity contribution in [1.82, 2.24) is 9.97 Å². The normalized spacial score (nSPS) is 10.2. The van der Waals surface area contributed by atoms with Gasteiger partial charge >= 0.3 is 6.01 Å². The summed E-state index contributed by atoms with van der Waals surface area (Å²) in [6.45, 7) is 2.16. The lowest BCUT2D eigenvalue weighted by Gasteiger charge is -2.04. The highest BCUT2D eigenvalue weighted by Crippen LogP contribution is 2.18. The van der Waals surface area contributed by atoms with E-state index in [1.807, 2.05) is 12.1 Å². The van der Waals surface area contributed by atoms with E-state index >= 15 is 0 Å². The Morgan fingerprint density at radius 1 is 1.12 bits per heavy atom. The van der Waals surface area contributed by atoms with Crippen LogP contribution in [0.3, 0.4) is 0 Å². The van der Waals surface area contributed by atoms with Gasteiger partial charge in [0.25, 0.3) is 0 Å². The minimum absolute atomic E-state index is 0.308. The highest BCUT2D eigenvalue weighted by atomic mass is 16.5. The van der Waals surface area contributed by atoms with Crippen molar-refractivity contribution in [2.75, 3.05) is 5.73 Å². The molecule has 0 unspecified atom stereocenters. The van der Waals surface area contributed by atoms with Crippen molar-refractivity contribution in [3.8, 4) is 11.8 Å².